The lowest BCUT2D eigenvalue weighted by Gasteiger charge is -2.44. The number of hydrogen-bond donors (Lipinski definition) is 1. The molecule has 0 saturated heterocycles. The van der Waals surface area contributed by atoms with E-state index >= 15 is 0 Å². The van der Waals surface area contributed by atoms with Crippen molar-refractivity contribution in [1.82, 2.24) is 0 Å². The van der Waals surface area contributed by atoms with Crippen LogP contribution in [0, 0.1) is 35.0 Å². The lowest BCUT2D eigenvalue weighted by Crippen LogP contribution is -2.36. The van der Waals surface area contributed by atoms with Gasteiger partial charge in [-0.25, -0.2) is 0 Å². The number of hydrogen-bond acceptors (Lipinski definition) is 1. The van der Waals surface area contributed by atoms with Gasteiger partial charge in [0.25, 0.3) is 0 Å². The summed E-state index contributed by atoms with van der Waals surface area (Å²) < 4.78 is 0. The first-order valence-electron chi connectivity index (χ1n) is 12.5. The van der Waals surface area contributed by atoms with Crippen molar-refractivity contribution in [2.75, 3.05) is 0 Å². The number of allylic oxidation sites excluding steroid dienone is 4. The Hall–Kier alpha value is -0.820. The topological polar surface area (TPSA) is 20.2 Å². The summed E-state index contributed by atoms with van der Waals surface area (Å²) in [6.07, 6.45) is 16.8. The van der Waals surface area contributed by atoms with Gasteiger partial charge in [0.15, 0.2) is 0 Å². The first-order valence-corrected chi connectivity index (χ1v) is 12.5. The van der Waals surface area contributed by atoms with Gasteiger partial charge in [0.1, 0.15) is 0 Å². The van der Waals surface area contributed by atoms with Crippen LogP contribution < -0.4 is 0 Å². The summed E-state index contributed by atoms with van der Waals surface area (Å²) in [7, 11) is 0. The van der Waals surface area contributed by atoms with Crippen molar-refractivity contribution in [3.8, 4) is 0 Å². The number of aliphatic hydroxyl groups is 1. The van der Waals surface area contributed by atoms with Gasteiger partial charge in [-0.2, -0.15) is 0 Å². The molecular formula is C28H46O. The fourth-order valence-corrected chi connectivity index (χ4v) is 6.67. The fraction of sp³-hybridized carbons (Fsp3) is 0.786. The summed E-state index contributed by atoms with van der Waals surface area (Å²) in [5.41, 5.74) is 4.70. The van der Waals surface area contributed by atoms with Crippen molar-refractivity contribution < 1.29 is 5.11 Å². The monoisotopic (exact) mass is 398 g/mol. The smallest absolute Gasteiger partial charge is 0.0583 e. The van der Waals surface area contributed by atoms with Crippen molar-refractivity contribution in [3.05, 3.63) is 35.5 Å². The summed E-state index contributed by atoms with van der Waals surface area (Å²) in [5.74, 6) is 4.14. The molecular weight excluding hydrogens is 352 g/mol. The van der Waals surface area contributed by atoms with Gasteiger partial charge in [0, 0.05) is 0 Å². The van der Waals surface area contributed by atoms with E-state index in [2.05, 4.69) is 53.3 Å². The first kappa shape index (κ1) is 22.9. The molecule has 0 aromatic carbocycles. The molecule has 6 atom stereocenters. The van der Waals surface area contributed by atoms with E-state index in [-0.39, 0.29) is 6.10 Å². The Morgan fingerprint density at radius 3 is 2.55 bits per heavy atom. The average molecular weight is 399 g/mol. The SMILES string of the molecule is C=C1CC[C@H](O)C/C1=C/C=C1\CCC[C@]2(C)[C@@H]([C@H](C)CCC(C)C(C)C)CC[C@@H]12. The van der Waals surface area contributed by atoms with Gasteiger partial charge in [-0.05, 0) is 91.9 Å². The molecule has 1 N–H and O–H groups in total. The normalized spacial score (nSPS) is 37.9. The van der Waals surface area contributed by atoms with Crippen LogP contribution in [-0.2, 0) is 0 Å². The van der Waals surface area contributed by atoms with Crippen LogP contribution >= 0.6 is 0 Å². The Balaban J connectivity index is 1.70. The maximum atomic E-state index is 10.0. The van der Waals surface area contributed by atoms with Gasteiger partial charge in [-0.1, -0.05) is 77.3 Å². The van der Waals surface area contributed by atoms with Gasteiger partial charge < -0.3 is 5.11 Å². The Kier molecular flexibility index (Phi) is 7.52. The first-order chi connectivity index (χ1) is 13.7. The van der Waals surface area contributed by atoms with Crippen molar-refractivity contribution in [3.63, 3.8) is 0 Å². The molecule has 3 rings (SSSR count). The zero-order valence-electron chi connectivity index (χ0n) is 19.8. The summed E-state index contributed by atoms with van der Waals surface area (Å²) in [6.45, 7) is 16.6. The van der Waals surface area contributed by atoms with Gasteiger partial charge in [0.05, 0.1) is 6.10 Å². The van der Waals surface area contributed by atoms with Crippen molar-refractivity contribution in [2.24, 2.45) is 35.0 Å². The van der Waals surface area contributed by atoms with E-state index in [9.17, 15) is 5.11 Å². The molecule has 3 aliphatic carbocycles. The molecule has 0 spiro atoms. The summed E-state index contributed by atoms with van der Waals surface area (Å²) in [6, 6.07) is 0. The van der Waals surface area contributed by atoms with Crippen LogP contribution in [0.25, 0.3) is 0 Å². The highest BCUT2D eigenvalue weighted by Crippen LogP contribution is 2.60. The highest BCUT2D eigenvalue weighted by Gasteiger charge is 2.50. The quantitative estimate of drug-likeness (QED) is 0.482. The molecule has 0 aliphatic heterocycles. The van der Waals surface area contributed by atoms with Crippen LogP contribution in [0.2, 0.25) is 0 Å². The molecule has 1 unspecified atom stereocenters. The largest absolute Gasteiger partial charge is 0.393 e. The Morgan fingerprint density at radius 1 is 1.07 bits per heavy atom. The highest BCUT2D eigenvalue weighted by molar-refractivity contribution is 5.36. The van der Waals surface area contributed by atoms with Crippen molar-refractivity contribution >= 4 is 0 Å². The average Bonchev–Trinajstić information content (AvgIpc) is 3.04. The minimum absolute atomic E-state index is 0.174. The summed E-state index contributed by atoms with van der Waals surface area (Å²) in [4.78, 5) is 0. The van der Waals surface area contributed by atoms with E-state index in [0.717, 1.165) is 48.9 Å². The van der Waals surface area contributed by atoms with Gasteiger partial charge >= 0.3 is 0 Å². The number of aliphatic hydroxyl groups excluding tert-OH is 1. The molecule has 0 aromatic heterocycles. The molecule has 164 valence electrons. The second-order valence-corrected chi connectivity index (χ2v) is 11.3. The Morgan fingerprint density at radius 2 is 1.83 bits per heavy atom. The van der Waals surface area contributed by atoms with Crippen molar-refractivity contribution in [2.45, 2.75) is 105 Å². The van der Waals surface area contributed by atoms with Crippen molar-refractivity contribution in [1.29, 1.82) is 0 Å². The van der Waals surface area contributed by atoms with E-state index in [1.807, 2.05) is 0 Å². The summed E-state index contributed by atoms with van der Waals surface area (Å²) in [5, 5.41) is 10.0. The maximum absolute atomic E-state index is 10.0. The second-order valence-electron chi connectivity index (χ2n) is 11.3. The number of fused-ring (bicyclic) bond motifs is 1. The standard InChI is InChI=1S/C28H46O/c1-19(2)20(3)9-10-22(5)26-15-16-27-23(8-7-17-28(26,27)6)12-13-24-18-25(29)14-11-21(24)4/h12-13,19-20,22,25-27,29H,4,7-11,14-18H2,1-3,5-6H3/b23-12+,24-13-/t20?,22-,25+,26-,27+,28-/m1/s1. The van der Waals surface area contributed by atoms with Crippen LogP contribution in [0.15, 0.2) is 35.5 Å². The third kappa shape index (κ3) is 5.09. The maximum Gasteiger partial charge on any atom is 0.0583 e. The van der Waals surface area contributed by atoms with E-state index in [0.29, 0.717) is 5.41 Å². The van der Waals surface area contributed by atoms with Crippen LogP contribution in [0.4, 0.5) is 0 Å². The minimum Gasteiger partial charge on any atom is -0.393 e. The predicted molar refractivity (Wildman–Crippen MR) is 126 cm³/mol. The number of rotatable bonds is 6. The van der Waals surface area contributed by atoms with E-state index < -0.39 is 0 Å². The van der Waals surface area contributed by atoms with Gasteiger partial charge in [0.2, 0.25) is 0 Å². The molecule has 3 aliphatic rings. The van der Waals surface area contributed by atoms with Gasteiger partial charge in [-0.15, -0.1) is 0 Å². The molecule has 3 saturated carbocycles. The predicted octanol–water partition coefficient (Wildman–Crippen LogP) is 7.87. The van der Waals surface area contributed by atoms with Crippen LogP contribution in [0.5, 0.6) is 0 Å². The molecule has 1 nitrogen and oxygen atoms in total. The van der Waals surface area contributed by atoms with E-state index in [1.165, 1.54) is 56.1 Å². The zero-order chi connectivity index (χ0) is 21.2. The molecule has 0 bridgehead atoms. The highest BCUT2D eigenvalue weighted by atomic mass is 16.3. The van der Waals surface area contributed by atoms with E-state index in [1.54, 1.807) is 5.57 Å². The molecule has 0 heterocycles. The Bertz CT molecular complexity index is 639. The second kappa shape index (κ2) is 9.54. The molecule has 3 fully saturated rings. The fourth-order valence-electron chi connectivity index (χ4n) is 6.67. The lowest BCUT2D eigenvalue weighted by molar-refractivity contribution is 0.0907. The third-order valence-corrected chi connectivity index (χ3v) is 9.13. The Labute approximate surface area is 180 Å². The van der Waals surface area contributed by atoms with Crippen LogP contribution in [-0.4, -0.2) is 11.2 Å². The van der Waals surface area contributed by atoms with E-state index in [4.69, 9.17) is 0 Å². The zero-order valence-corrected chi connectivity index (χ0v) is 19.8. The minimum atomic E-state index is -0.174. The molecule has 29 heavy (non-hydrogen) atoms. The van der Waals surface area contributed by atoms with Crippen LogP contribution in [0.3, 0.4) is 0 Å². The molecule has 0 amide bonds. The summed E-state index contributed by atoms with van der Waals surface area (Å²) >= 11 is 0. The van der Waals surface area contributed by atoms with Gasteiger partial charge in [-0.3, -0.25) is 0 Å². The molecule has 0 aromatic rings. The third-order valence-electron chi connectivity index (χ3n) is 9.13. The molecule has 1 heteroatoms. The molecule has 0 radical (unpaired) electrons. The lowest BCUT2D eigenvalue weighted by atomic mass is 9.60. The van der Waals surface area contributed by atoms with Crippen LogP contribution in [0.1, 0.15) is 98.8 Å².